The van der Waals surface area contributed by atoms with E-state index in [1.54, 1.807) is 6.07 Å². The lowest BCUT2D eigenvalue weighted by atomic mass is 10.2. The molecule has 0 atom stereocenters. The average molecular weight is 231 g/mol. The Morgan fingerprint density at radius 3 is 3.00 bits per heavy atom. The van der Waals surface area contributed by atoms with Gasteiger partial charge >= 0.3 is 0 Å². The molecule has 6 heteroatoms. The summed E-state index contributed by atoms with van der Waals surface area (Å²) in [6.07, 6.45) is 0. The number of phenolic OH excluding ortho intramolecular Hbond substituents is 1. The molecule has 4 N–H and O–H groups in total. The summed E-state index contributed by atoms with van der Waals surface area (Å²) >= 11 is 5.64. The second kappa shape index (κ2) is 5.55. The fourth-order valence-electron chi connectivity index (χ4n) is 1.02. The number of nitrogens with two attached hydrogens (primary N) is 1. The second-order valence-corrected chi connectivity index (χ2v) is 3.17. The number of nitrogens with one attached hydrogen (secondary N) is 1. The van der Waals surface area contributed by atoms with Crippen LogP contribution in [0.15, 0.2) is 18.2 Å². The van der Waals surface area contributed by atoms with Crippen molar-refractivity contribution < 1.29 is 14.7 Å². The lowest BCUT2D eigenvalue weighted by Crippen LogP contribution is -2.28. The zero-order chi connectivity index (χ0) is 11.3. The van der Waals surface area contributed by atoms with Gasteiger partial charge in [-0.3, -0.25) is 4.79 Å². The van der Waals surface area contributed by atoms with E-state index in [-0.39, 0.29) is 29.5 Å². The molecule has 0 saturated carbocycles. The molecule has 0 heterocycles. The maximum absolute atomic E-state index is 11.5. The Balaban J connectivity index is 2.69. The van der Waals surface area contributed by atoms with Crippen LogP contribution in [-0.2, 0) is 4.84 Å². The van der Waals surface area contributed by atoms with Gasteiger partial charge in [-0.05, 0) is 12.1 Å². The van der Waals surface area contributed by atoms with Gasteiger partial charge in [-0.2, -0.15) is 0 Å². The van der Waals surface area contributed by atoms with E-state index in [0.717, 1.165) is 0 Å². The van der Waals surface area contributed by atoms with Crippen molar-refractivity contribution in [1.29, 1.82) is 0 Å². The molecule has 5 nitrogen and oxygen atoms in total. The second-order valence-electron chi connectivity index (χ2n) is 2.76. The van der Waals surface area contributed by atoms with Gasteiger partial charge in [0.2, 0.25) is 0 Å². The highest BCUT2D eigenvalue weighted by molar-refractivity contribution is 6.32. The molecule has 0 saturated heterocycles. The summed E-state index contributed by atoms with van der Waals surface area (Å²) in [6.45, 7) is 0.467. The van der Waals surface area contributed by atoms with Crippen molar-refractivity contribution in [3.63, 3.8) is 0 Å². The molecule has 0 aliphatic rings. The van der Waals surface area contributed by atoms with Gasteiger partial charge in [0.1, 0.15) is 5.75 Å². The first-order chi connectivity index (χ1) is 7.16. The van der Waals surface area contributed by atoms with Gasteiger partial charge in [0.15, 0.2) is 0 Å². The minimum Gasteiger partial charge on any atom is -0.506 e. The van der Waals surface area contributed by atoms with Crippen molar-refractivity contribution in [2.75, 3.05) is 13.2 Å². The molecule has 0 fully saturated rings. The van der Waals surface area contributed by atoms with E-state index in [9.17, 15) is 9.90 Å². The largest absolute Gasteiger partial charge is 0.506 e. The van der Waals surface area contributed by atoms with Crippen LogP contribution in [0, 0.1) is 0 Å². The lowest BCUT2D eigenvalue weighted by Gasteiger charge is -2.06. The number of para-hydroxylation sites is 1. The smallest absolute Gasteiger partial charge is 0.255 e. The van der Waals surface area contributed by atoms with Gasteiger partial charge in [0, 0.05) is 6.54 Å². The van der Waals surface area contributed by atoms with Gasteiger partial charge in [0.05, 0.1) is 17.2 Å². The van der Waals surface area contributed by atoms with E-state index >= 15 is 0 Å². The Bertz CT molecular complexity index is 357. The normalized spacial score (nSPS) is 10.0. The molecular weight excluding hydrogens is 220 g/mol. The summed E-state index contributed by atoms with van der Waals surface area (Å²) in [7, 11) is 0. The van der Waals surface area contributed by atoms with Crippen molar-refractivity contribution in [1.82, 2.24) is 5.32 Å². The molecule has 0 unspecified atom stereocenters. The molecule has 0 aliphatic carbocycles. The first-order valence-electron chi connectivity index (χ1n) is 4.24. The maximum Gasteiger partial charge on any atom is 0.255 e. The number of carbonyl (C=O) groups is 1. The fraction of sp³-hybridized carbons (Fsp3) is 0.222. The minimum atomic E-state index is -0.424. The molecular formula is C9H11ClN2O3. The van der Waals surface area contributed by atoms with Crippen LogP contribution in [-0.4, -0.2) is 24.2 Å². The quantitative estimate of drug-likeness (QED) is 0.524. The van der Waals surface area contributed by atoms with Crippen molar-refractivity contribution in [2.24, 2.45) is 5.90 Å². The highest BCUT2D eigenvalue weighted by Crippen LogP contribution is 2.26. The lowest BCUT2D eigenvalue weighted by molar-refractivity contribution is 0.0914. The number of hydrogen-bond acceptors (Lipinski definition) is 4. The standard InChI is InChI=1S/C9H11ClN2O3/c10-7-3-1-2-6(8(7)13)9(14)12-4-5-15-11/h1-3,13H,4-5,11H2,(H,12,14). The first kappa shape index (κ1) is 11.8. The van der Waals surface area contributed by atoms with E-state index in [1.165, 1.54) is 12.1 Å². The minimum absolute atomic E-state index is 0.125. The first-order valence-corrected chi connectivity index (χ1v) is 4.62. The van der Waals surface area contributed by atoms with Gasteiger partial charge < -0.3 is 15.3 Å². The Morgan fingerprint density at radius 1 is 1.60 bits per heavy atom. The van der Waals surface area contributed by atoms with E-state index < -0.39 is 5.91 Å². The molecule has 0 aliphatic heterocycles. The summed E-state index contributed by atoms with van der Waals surface area (Å²) < 4.78 is 0. The maximum atomic E-state index is 11.5. The summed E-state index contributed by atoms with van der Waals surface area (Å²) in [5.41, 5.74) is 0.125. The Morgan fingerprint density at radius 2 is 2.33 bits per heavy atom. The Kier molecular flexibility index (Phi) is 4.36. The SMILES string of the molecule is NOCCNC(=O)c1cccc(Cl)c1O. The van der Waals surface area contributed by atoms with Crippen molar-refractivity contribution in [3.05, 3.63) is 28.8 Å². The predicted molar refractivity (Wildman–Crippen MR) is 55.6 cm³/mol. The Hall–Kier alpha value is -1.30. The predicted octanol–water partition coefficient (Wildman–Crippen LogP) is 0.666. The summed E-state index contributed by atoms with van der Waals surface area (Å²) in [6, 6.07) is 4.55. The van der Waals surface area contributed by atoms with Crippen LogP contribution in [0.1, 0.15) is 10.4 Å². The summed E-state index contributed by atoms with van der Waals surface area (Å²) in [5, 5.41) is 12.1. The van der Waals surface area contributed by atoms with E-state index in [0.29, 0.717) is 0 Å². The topological polar surface area (TPSA) is 84.6 Å². The number of aromatic hydroxyl groups is 1. The third kappa shape index (κ3) is 3.09. The van der Waals surface area contributed by atoms with Gasteiger partial charge in [-0.25, -0.2) is 5.90 Å². The molecule has 0 aromatic heterocycles. The molecule has 15 heavy (non-hydrogen) atoms. The molecule has 82 valence electrons. The van der Waals surface area contributed by atoms with E-state index in [2.05, 4.69) is 10.2 Å². The van der Waals surface area contributed by atoms with Crippen molar-refractivity contribution in [2.45, 2.75) is 0 Å². The molecule has 1 amide bonds. The molecule has 1 rings (SSSR count). The van der Waals surface area contributed by atoms with Gasteiger partial charge in [-0.1, -0.05) is 17.7 Å². The number of carbonyl (C=O) groups excluding carboxylic acids is 1. The number of hydrogen-bond donors (Lipinski definition) is 3. The molecule has 1 aromatic rings. The number of benzene rings is 1. The van der Waals surface area contributed by atoms with Crippen LogP contribution in [0.5, 0.6) is 5.75 Å². The number of halogens is 1. The monoisotopic (exact) mass is 230 g/mol. The number of amides is 1. The summed E-state index contributed by atoms with van der Waals surface area (Å²) in [5.74, 6) is 4.13. The van der Waals surface area contributed by atoms with E-state index in [4.69, 9.17) is 17.5 Å². The summed E-state index contributed by atoms with van der Waals surface area (Å²) in [4.78, 5) is 15.7. The van der Waals surface area contributed by atoms with Crippen LogP contribution in [0.4, 0.5) is 0 Å². The molecule has 1 aromatic carbocycles. The van der Waals surface area contributed by atoms with Gasteiger partial charge in [0.25, 0.3) is 5.91 Å². The van der Waals surface area contributed by atoms with Crippen LogP contribution in [0.3, 0.4) is 0 Å². The van der Waals surface area contributed by atoms with Crippen LogP contribution < -0.4 is 11.2 Å². The fourth-order valence-corrected chi connectivity index (χ4v) is 1.19. The third-order valence-corrected chi connectivity index (χ3v) is 2.04. The van der Waals surface area contributed by atoms with Crippen molar-refractivity contribution >= 4 is 17.5 Å². The zero-order valence-corrected chi connectivity index (χ0v) is 8.62. The highest BCUT2D eigenvalue weighted by Gasteiger charge is 2.12. The number of phenols is 1. The Labute approximate surface area is 91.7 Å². The zero-order valence-electron chi connectivity index (χ0n) is 7.87. The average Bonchev–Trinajstić information content (AvgIpc) is 2.22. The molecule has 0 radical (unpaired) electrons. The molecule has 0 spiro atoms. The van der Waals surface area contributed by atoms with E-state index in [1.807, 2.05) is 0 Å². The highest BCUT2D eigenvalue weighted by atomic mass is 35.5. The van der Waals surface area contributed by atoms with Crippen molar-refractivity contribution in [3.8, 4) is 5.75 Å². The number of rotatable bonds is 4. The van der Waals surface area contributed by atoms with Crippen LogP contribution in [0.2, 0.25) is 5.02 Å². The third-order valence-electron chi connectivity index (χ3n) is 1.74. The van der Waals surface area contributed by atoms with Gasteiger partial charge in [-0.15, -0.1) is 0 Å². The van der Waals surface area contributed by atoms with Crippen LogP contribution >= 0.6 is 11.6 Å². The van der Waals surface area contributed by atoms with Crippen LogP contribution in [0.25, 0.3) is 0 Å². The molecule has 0 bridgehead atoms.